The van der Waals surface area contributed by atoms with Crippen LogP contribution in [0.25, 0.3) is 22.2 Å². The Labute approximate surface area is 137 Å². The molecule has 0 amide bonds. The molecule has 0 atom stereocenters. The molecule has 0 saturated carbocycles. The van der Waals surface area contributed by atoms with Crippen molar-refractivity contribution in [2.45, 2.75) is 12.6 Å². The van der Waals surface area contributed by atoms with E-state index >= 15 is 0 Å². The number of nitrogens with two attached hydrogens (primary N) is 1. The fourth-order valence-corrected chi connectivity index (χ4v) is 2.04. The van der Waals surface area contributed by atoms with Gasteiger partial charge in [-0.05, 0) is 31.2 Å². The molecule has 0 spiro atoms. The Bertz CT molecular complexity index is 795. The van der Waals surface area contributed by atoms with E-state index in [1.165, 1.54) is 6.07 Å². The van der Waals surface area contributed by atoms with Crippen LogP contribution in [0.4, 0.5) is 13.2 Å². The molecule has 126 valence electrons. The van der Waals surface area contributed by atoms with Gasteiger partial charge < -0.3 is 10.3 Å². The van der Waals surface area contributed by atoms with Crippen molar-refractivity contribution in [2.24, 2.45) is 5.73 Å². The molecule has 0 aliphatic carbocycles. The van der Waals surface area contributed by atoms with Crippen molar-refractivity contribution in [3.8, 4) is 11.3 Å². The molecule has 0 fully saturated rings. The fourth-order valence-electron chi connectivity index (χ4n) is 2.04. The molecule has 0 aliphatic heterocycles. The predicted molar refractivity (Wildman–Crippen MR) is 88.3 cm³/mol. The SMILES string of the molecule is C=CCCN.FC(F)(F)c1ccc2c(-c3ccccc3)noc2c1. The Morgan fingerprint density at radius 3 is 2.38 bits per heavy atom. The zero-order valence-corrected chi connectivity index (χ0v) is 12.9. The lowest BCUT2D eigenvalue weighted by Gasteiger charge is -2.05. The van der Waals surface area contributed by atoms with Crippen molar-refractivity contribution >= 4 is 11.0 Å². The molecule has 0 bridgehead atoms. The number of benzene rings is 2. The fraction of sp³-hybridized carbons (Fsp3) is 0.167. The lowest BCUT2D eigenvalue weighted by atomic mass is 10.1. The summed E-state index contributed by atoms with van der Waals surface area (Å²) in [5.41, 5.74) is 5.81. The van der Waals surface area contributed by atoms with Crippen molar-refractivity contribution in [3.05, 3.63) is 66.7 Å². The monoisotopic (exact) mass is 334 g/mol. The van der Waals surface area contributed by atoms with Gasteiger partial charge in [0.15, 0.2) is 5.58 Å². The van der Waals surface area contributed by atoms with Crippen LogP contribution in [0.1, 0.15) is 12.0 Å². The topological polar surface area (TPSA) is 52.0 Å². The second-order valence-electron chi connectivity index (χ2n) is 4.97. The summed E-state index contributed by atoms with van der Waals surface area (Å²) in [7, 11) is 0. The Morgan fingerprint density at radius 2 is 1.83 bits per heavy atom. The van der Waals surface area contributed by atoms with Crippen LogP contribution >= 0.6 is 0 Å². The van der Waals surface area contributed by atoms with Crippen LogP contribution in [0.3, 0.4) is 0 Å². The van der Waals surface area contributed by atoms with Crippen molar-refractivity contribution < 1.29 is 17.7 Å². The quantitative estimate of drug-likeness (QED) is 0.683. The lowest BCUT2D eigenvalue weighted by molar-refractivity contribution is -0.137. The van der Waals surface area contributed by atoms with E-state index in [0.29, 0.717) is 11.1 Å². The number of aromatic nitrogens is 1. The third-order valence-electron chi connectivity index (χ3n) is 3.22. The van der Waals surface area contributed by atoms with Crippen LogP contribution in [0.2, 0.25) is 0 Å². The molecule has 3 nitrogen and oxygen atoms in total. The van der Waals surface area contributed by atoms with Crippen LogP contribution in [0, 0.1) is 0 Å². The number of nitrogens with zero attached hydrogens (tertiary/aromatic N) is 1. The molecule has 0 aliphatic rings. The van der Waals surface area contributed by atoms with Crippen molar-refractivity contribution in [1.29, 1.82) is 0 Å². The minimum atomic E-state index is -4.38. The van der Waals surface area contributed by atoms with E-state index < -0.39 is 11.7 Å². The third kappa shape index (κ3) is 4.23. The van der Waals surface area contributed by atoms with Gasteiger partial charge in [-0.25, -0.2) is 0 Å². The van der Waals surface area contributed by atoms with Gasteiger partial charge in [-0.3, -0.25) is 0 Å². The molecule has 0 unspecified atom stereocenters. The lowest BCUT2D eigenvalue weighted by Crippen LogP contribution is -2.03. The van der Waals surface area contributed by atoms with E-state index in [-0.39, 0.29) is 5.58 Å². The zero-order chi connectivity index (χ0) is 17.6. The Morgan fingerprint density at radius 1 is 1.12 bits per heavy atom. The molecule has 0 saturated heterocycles. The average molecular weight is 334 g/mol. The molecule has 3 rings (SSSR count). The number of alkyl halides is 3. The first-order chi connectivity index (χ1) is 11.5. The maximum Gasteiger partial charge on any atom is 0.416 e. The Hall–Kier alpha value is -2.60. The first-order valence-electron chi connectivity index (χ1n) is 7.30. The van der Waals surface area contributed by atoms with Gasteiger partial charge in [0, 0.05) is 10.9 Å². The summed E-state index contributed by atoms with van der Waals surface area (Å²) in [6.45, 7) is 4.20. The highest BCUT2D eigenvalue weighted by atomic mass is 19.4. The van der Waals surface area contributed by atoms with Gasteiger partial charge in [-0.15, -0.1) is 6.58 Å². The smallest absolute Gasteiger partial charge is 0.356 e. The van der Waals surface area contributed by atoms with Crippen molar-refractivity contribution in [3.63, 3.8) is 0 Å². The molecule has 24 heavy (non-hydrogen) atoms. The zero-order valence-electron chi connectivity index (χ0n) is 12.9. The average Bonchev–Trinajstić information content (AvgIpc) is 2.99. The molecule has 6 heteroatoms. The molecule has 2 aromatic carbocycles. The maximum atomic E-state index is 12.6. The highest BCUT2D eigenvalue weighted by Crippen LogP contribution is 2.34. The highest BCUT2D eigenvalue weighted by Gasteiger charge is 2.31. The standard InChI is InChI=1S/C14H8F3NO.C4H9N/c15-14(16,17)10-6-7-11-12(8-10)19-18-13(11)9-4-2-1-3-5-9;1-2-3-4-5/h1-8H;2H,1,3-5H2. The van der Waals surface area contributed by atoms with E-state index in [4.69, 9.17) is 10.3 Å². The maximum absolute atomic E-state index is 12.6. The molecule has 3 aromatic rings. The first kappa shape index (κ1) is 17.7. The van der Waals surface area contributed by atoms with Gasteiger partial charge in [0.05, 0.1) is 5.56 Å². The van der Waals surface area contributed by atoms with Gasteiger partial charge in [0.1, 0.15) is 5.69 Å². The van der Waals surface area contributed by atoms with Crippen molar-refractivity contribution in [1.82, 2.24) is 5.16 Å². The summed E-state index contributed by atoms with van der Waals surface area (Å²) >= 11 is 0. The van der Waals surface area contributed by atoms with E-state index in [1.807, 2.05) is 30.3 Å². The number of fused-ring (bicyclic) bond motifs is 1. The number of hydrogen-bond acceptors (Lipinski definition) is 3. The van der Waals surface area contributed by atoms with E-state index in [2.05, 4.69) is 11.7 Å². The van der Waals surface area contributed by atoms with Crippen LogP contribution in [-0.2, 0) is 6.18 Å². The van der Waals surface area contributed by atoms with Gasteiger partial charge in [0.25, 0.3) is 0 Å². The van der Waals surface area contributed by atoms with Crippen molar-refractivity contribution in [2.75, 3.05) is 6.54 Å². The predicted octanol–water partition coefficient (Wildman–Crippen LogP) is 5.03. The van der Waals surface area contributed by atoms with Crippen LogP contribution in [0.15, 0.2) is 65.7 Å². The largest absolute Gasteiger partial charge is 0.416 e. The summed E-state index contributed by atoms with van der Waals surface area (Å²) in [6, 6.07) is 12.6. The summed E-state index contributed by atoms with van der Waals surface area (Å²) < 4.78 is 42.7. The molecular formula is C18H17F3N2O. The molecular weight excluding hydrogens is 317 g/mol. The normalized spacial score (nSPS) is 11.0. The minimum Gasteiger partial charge on any atom is -0.356 e. The number of rotatable bonds is 3. The second-order valence-corrected chi connectivity index (χ2v) is 4.97. The summed E-state index contributed by atoms with van der Waals surface area (Å²) in [6.07, 6.45) is -1.64. The van der Waals surface area contributed by atoms with Crippen LogP contribution in [-0.4, -0.2) is 11.7 Å². The van der Waals surface area contributed by atoms with Gasteiger partial charge in [-0.1, -0.05) is 41.6 Å². The number of hydrogen-bond donors (Lipinski definition) is 1. The molecule has 1 aromatic heterocycles. The van der Waals surface area contributed by atoms with E-state index in [9.17, 15) is 13.2 Å². The summed E-state index contributed by atoms with van der Waals surface area (Å²) in [5, 5.41) is 4.42. The van der Waals surface area contributed by atoms with Crippen LogP contribution < -0.4 is 5.73 Å². The molecule has 0 radical (unpaired) electrons. The molecule has 2 N–H and O–H groups in total. The van der Waals surface area contributed by atoms with Gasteiger partial charge >= 0.3 is 6.18 Å². The van der Waals surface area contributed by atoms with E-state index in [1.54, 1.807) is 6.08 Å². The second kappa shape index (κ2) is 7.79. The summed E-state index contributed by atoms with van der Waals surface area (Å²) in [5.74, 6) is 0. The van der Waals surface area contributed by atoms with Gasteiger partial charge in [-0.2, -0.15) is 13.2 Å². The highest BCUT2D eigenvalue weighted by molar-refractivity contribution is 5.91. The Kier molecular flexibility index (Phi) is 5.76. The third-order valence-corrected chi connectivity index (χ3v) is 3.22. The summed E-state index contributed by atoms with van der Waals surface area (Å²) in [4.78, 5) is 0. The first-order valence-corrected chi connectivity index (χ1v) is 7.30. The molecule has 1 heterocycles. The number of halogens is 3. The van der Waals surface area contributed by atoms with Gasteiger partial charge in [0.2, 0.25) is 0 Å². The van der Waals surface area contributed by atoms with Crippen LogP contribution in [0.5, 0.6) is 0 Å². The van der Waals surface area contributed by atoms with E-state index in [0.717, 1.165) is 30.7 Å². The minimum absolute atomic E-state index is 0.133. The Balaban J connectivity index is 0.000000368.